The summed E-state index contributed by atoms with van der Waals surface area (Å²) in [6, 6.07) is 0. The Labute approximate surface area is 84.1 Å². The molecule has 2 N–H and O–H groups in total. The first-order chi connectivity index (χ1) is 6.90. The number of imidazole rings is 1. The number of rotatable bonds is 4. The van der Waals surface area contributed by atoms with E-state index < -0.39 is 0 Å². The van der Waals surface area contributed by atoms with Crippen LogP contribution in [0, 0.1) is 0 Å². The fraction of sp³-hybridized carbons (Fsp3) is 0.700. The van der Waals surface area contributed by atoms with Crippen LogP contribution in [-0.4, -0.2) is 23.1 Å². The molecular formula is C10H17N3O. The number of hydrogen-bond acceptors (Lipinski definition) is 3. The van der Waals surface area contributed by atoms with Gasteiger partial charge in [0, 0.05) is 25.0 Å². The molecule has 1 saturated heterocycles. The molecule has 1 aliphatic rings. The molecule has 0 aliphatic carbocycles. The fourth-order valence-electron chi connectivity index (χ4n) is 1.68. The van der Waals surface area contributed by atoms with Crippen LogP contribution in [0.1, 0.15) is 37.4 Å². The molecule has 0 amide bonds. The van der Waals surface area contributed by atoms with E-state index in [-0.39, 0.29) is 6.10 Å². The van der Waals surface area contributed by atoms with E-state index >= 15 is 0 Å². The second kappa shape index (κ2) is 4.57. The van der Waals surface area contributed by atoms with Crippen molar-refractivity contribution in [2.75, 3.05) is 13.2 Å². The first kappa shape index (κ1) is 9.68. The highest BCUT2D eigenvalue weighted by Gasteiger charge is 2.20. The van der Waals surface area contributed by atoms with Crippen molar-refractivity contribution in [3.05, 3.63) is 17.7 Å². The van der Waals surface area contributed by atoms with Gasteiger partial charge in [0.2, 0.25) is 0 Å². The second-order valence-corrected chi connectivity index (χ2v) is 3.58. The molecule has 1 unspecified atom stereocenters. The fourth-order valence-corrected chi connectivity index (χ4v) is 1.68. The maximum Gasteiger partial charge on any atom is 0.135 e. The summed E-state index contributed by atoms with van der Waals surface area (Å²) in [5, 5.41) is 3.26. The van der Waals surface area contributed by atoms with Gasteiger partial charge in [0.25, 0.3) is 0 Å². The number of H-pyrrole nitrogens is 1. The minimum Gasteiger partial charge on any atom is -0.370 e. The maximum atomic E-state index is 5.54. The van der Waals surface area contributed by atoms with E-state index in [4.69, 9.17) is 4.74 Å². The van der Waals surface area contributed by atoms with E-state index in [2.05, 4.69) is 22.2 Å². The van der Waals surface area contributed by atoms with Gasteiger partial charge in [-0.05, 0) is 19.4 Å². The summed E-state index contributed by atoms with van der Waals surface area (Å²) in [6.07, 6.45) is 4.33. The van der Waals surface area contributed by atoms with Gasteiger partial charge < -0.3 is 15.0 Å². The first-order valence-electron chi connectivity index (χ1n) is 5.26. The predicted molar refractivity (Wildman–Crippen MR) is 53.9 cm³/mol. The topological polar surface area (TPSA) is 49.9 Å². The third kappa shape index (κ3) is 2.13. The average Bonchev–Trinajstić information content (AvgIpc) is 2.85. The van der Waals surface area contributed by atoms with Crippen LogP contribution >= 0.6 is 0 Å². The molecule has 0 radical (unpaired) electrons. The van der Waals surface area contributed by atoms with Crippen LogP contribution in [0.2, 0.25) is 0 Å². The van der Waals surface area contributed by atoms with E-state index in [1.54, 1.807) is 0 Å². The Balaban J connectivity index is 1.94. The van der Waals surface area contributed by atoms with Gasteiger partial charge in [-0.15, -0.1) is 0 Å². The molecule has 0 spiro atoms. The average molecular weight is 195 g/mol. The molecule has 0 bridgehead atoms. The molecule has 2 rings (SSSR count). The Morgan fingerprint density at radius 1 is 1.71 bits per heavy atom. The maximum absolute atomic E-state index is 5.54. The van der Waals surface area contributed by atoms with Crippen molar-refractivity contribution in [3.63, 3.8) is 0 Å². The lowest BCUT2D eigenvalue weighted by atomic mass is 10.2. The quantitative estimate of drug-likeness (QED) is 0.763. The van der Waals surface area contributed by atoms with Crippen molar-refractivity contribution in [2.45, 2.75) is 32.4 Å². The Bertz CT molecular complexity index is 279. The Morgan fingerprint density at radius 3 is 3.36 bits per heavy atom. The molecule has 0 saturated carbocycles. The van der Waals surface area contributed by atoms with E-state index in [0.29, 0.717) is 0 Å². The third-order valence-electron chi connectivity index (χ3n) is 2.45. The van der Waals surface area contributed by atoms with Crippen LogP contribution in [0.3, 0.4) is 0 Å². The molecule has 1 aromatic heterocycles. The van der Waals surface area contributed by atoms with Crippen molar-refractivity contribution in [1.82, 2.24) is 15.3 Å². The lowest BCUT2D eigenvalue weighted by molar-refractivity contribution is 0.105. The van der Waals surface area contributed by atoms with Crippen molar-refractivity contribution in [1.29, 1.82) is 0 Å². The van der Waals surface area contributed by atoms with E-state index in [9.17, 15) is 0 Å². The smallest absolute Gasteiger partial charge is 0.135 e. The van der Waals surface area contributed by atoms with Crippen LogP contribution in [-0.2, 0) is 11.3 Å². The predicted octanol–water partition coefficient (Wildman–Crippen LogP) is 1.37. The van der Waals surface area contributed by atoms with Crippen molar-refractivity contribution in [3.8, 4) is 0 Å². The van der Waals surface area contributed by atoms with Crippen molar-refractivity contribution in [2.24, 2.45) is 0 Å². The highest BCUT2D eigenvalue weighted by atomic mass is 16.5. The van der Waals surface area contributed by atoms with Crippen LogP contribution in [0.25, 0.3) is 0 Å². The molecule has 1 atom stereocenters. The van der Waals surface area contributed by atoms with Crippen LogP contribution in [0.15, 0.2) is 6.20 Å². The van der Waals surface area contributed by atoms with E-state index in [1.165, 1.54) is 0 Å². The summed E-state index contributed by atoms with van der Waals surface area (Å²) in [4.78, 5) is 7.62. The number of nitrogens with one attached hydrogen (secondary N) is 2. The zero-order chi connectivity index (χ0) is 9.80. The molecule has 14 heavy (non-hydrogen) atoms. The summed E-state index contributed by atoms with van der Waals surface area (Å²) in [5.41, 5.74) is 1.14. The highest BCUT2D eigenvalue weighted by Crippen LogP contribution is 2.25. The summed E-state index contributed by atoms with van der Waals surface area (Å²) in [6.45, 7) is 4.80. The van der Waals surface area contributed by atoms with Gasteiger partial charge in [-0.1, -0.05) is 6.92 Å². The molecule has 1 aromatic rings. The number of aromatic nitrogens is 2. The van der Waals surface area contributed by atoms with Crippen molar-refractivity contribution >= 4 is 0 Å². The van der Waals surface area contributed by atoms with Gasteiger partial charge in [0.05, 0.1) is 0 Å². The van der Waals surface area contributed by atoms with Gasteiger partial charge in [-0.25, -0.2) is 4.98 Å². The SMILES string of the molecule is CCNCc1cnc(C2CCCO2)[nH]1. The van der Waals surface area contributed by atoms with Gasteiger partial charge in [-0.3, -0.25) is 0 Å². The molecule has 78 valence electrons. The van der Waals surface area contributed by atoms with Gasteiger partial charge in [0.1, 0.15) is 11.9 Å². The minimum absolute atomic E-state index is 0.199. The van der Waals surface area contributed by atoms with Gasteiger partial charge in [-0.2, -0.15) is 0 Å². The summed E-state index contributed by atoms with van der Waals surface area (Å²) in [5.74, 6) is 0.982. The summed E-state index contributed by atoms with van der Waals surface area (Å²) in [7, 11) is 0. The normalized spacial score (nSPS) is 21.6. The molecule has 2 heterocycles. The molecule has 4 nitrogen and oxygen atoms in total. The molecule has 1 aliphatic heterocycles. The Morgan fingerprint density at radius 2 is 2.64 bits per heavy atom. The zero-order valence-corrected chi connectivity index (χ0v) is 8.55. The lowest BCUT2D eigenvalue weighted by Crippen LogP contribution is -2.12. The van der Waals surface area contributed by atoms with Gasteiger partial charge in [0.15, 0.2) is 0 Å². The summed E-state index contributed by atoms with van der Waals surface area (Å²) < 4.78 is 5.54. The molecule has 4 heteroatoms. The monoisotopic (exact) mass is 195 g/mol. The second-order valence-electron chi connectivity index (χ2n) is 3.58. The summed E-state index contributed by atoms with van der Waals surface area (Å²) >= 11 is 0. The molecule has 1 fully saturated rings. The minimum atomic E-state index is 0.199. The number of aromatic amines is 1. The highest BCUT2D eigenvalue weighted by molar-refractivity contribution is 5.04. The van der Waals surface area contributed by atoms with E-state index in [1.807, 2.05) is 6.20 Å². The lowest BCUT2D eigenvalue weighted by Gasteiger charge is -2.04. The Hall–Kier alpha value is -0.870. The van der Waals surface area contributed by atoms with Crippen LogP contribution in [0.4, 0.5) is 0 Å². The van der Waals surface area contributed by atoms with Crippen LogP contribution in [0.5, 0.6) is 0 Å². The zero-order valence-electron chi connectivity index (χ0n) is 8.55. The first-order valence-corrected chi connectivity index (χ1v) is 5.26. The van der Waals surface area contributed by atoms with Crippen LogP contribution < -0.4 is 5.32 Å². The standard InChI is InChI=1S/C10H17N3O/c1-2-11-6-8-7-12-10(13-8)9-4-3-5-14-9/h7,9,11H,2-6H2,1H3,(H,12,13). The van der Waals surface area contributed by atoms with E-state index in [0.717, 1.165) is 44.1 Å². The van der Waals surface area contributed by atoms with Crippen molar-refractivity contribution < 1.29 is 4.74 Å². The Kier molecular flexibility index (Phi) is 3.16. The molecular weight excluding hydrogens is 178 g/mol. The third-order valence-corrected chi connectivity index (χ3v) is 2.45. The number of nitrogens with zero attached hydrogens (tertiary/aromatic N) is 1. The van der Waals surface area contributed by atoms with Gasteiger partial charge >= 0.3 is 0 Å². The number of hydrogen-bond donors (Lipinski definition) is 2. The number of ether oxygens (including phenoxy) is 1. The largest absolute Gasteiger partial charge is 0.370 e. The molecule has 0 aromatic carbocycles.